The number of aryl methyl sites for hydroxylation is 1. The summed E-state index contributed by atoms with van der Waals surface area (Å²) >= 11 is 0. The Kier molecular flexibility index (Phi) is 7.35. The quantitative estimate of drug-likeness (QED) is 0.856. The molecule has 0 saturated heterocycles. The number of unbranched alkanes of at least 4 members (excludes halogenated alkanes) is 1. The Hall–Kier alpha value is -0.640. The summed E-state index contributed by atoms with van der Waals surface area (Å²) in [6, 6.07) is 4.28. The second-order valence-electron chi connectivity index (χ2n) is 4.26. The Bertz CT molecular complexity index is 346. The normalized spacial score (nSPS) is 13.9. The minimum absolute atomic E-state index is 0. The van der Waals surface area contributed by atoms with E-state index < -0.39 is 12.1 Å². The fourth-order valence-electron chi connectivity index (χ4n) is 1.70. The molecule has 0 aromatic heterocycles. The summed E-state index contributed by atoms with van der Waals surface area (Å²) in [4.78, 5) is 0. The second kappa shape index (κ2) is 7.64. The average molecular weight is 262 g/mol. The molecule has 0 radical (unpaired) electrons. The van der Waals surface area contributed by atoms with Gasteiger partial charge in [0.25, 0.3) is 0 Å². The molecule has 3 N–H and O–H groups in total. The van der Waals surface area contributed by atoms with Crippen molar-refractivity contribution in [2.75, 3.05) is 0 Å². The number of aliphatic hydroxyl groups is 1. The van der Waals surface area contributed by atoms with Crippen molar-refractivity contribution in [1.29, 1.82) is 0 Å². The third-order valence-corrected chi connectivity index (χ3v) is 2.78. The lowest BCUT2D eigenvalue weighted by molar-refractivity contribution is 0.131. The standard InChI is InChI=1S/C13H20FNO.ClH/c1-3-4-5-12(16)13(15)10-7-6-9(2)8-11(10)14;/h6-8,12-13,16H,3-5,15H2,1-2H3;1H/t12-,13+;/m0./s1. The molecule has 0 heterocycles. The first-order valence-corrected chi connectivity index (χ1v) is 5.76. The van der Waals surface area contributed by atoms with Crippen LogP contribution in [0.5, 0.6) is 0 Å². The van der Waals surface area contributed by atoms with Crippen LogP contribution in [0.2, 0.25) is 0 Å². The van der Waals surface area contributed by atoms with Gasteiger partial charge in [0, 0.05) is 5.56 Å². The molecule has 0 amide bonds. The van der Waals surface area contributed by atoms with Gasteiger partial charge in [0.1, 0.15) is 5.82 Å². The van der Waals surface area contributed by atoms with Gasteiger partial charge in [-0.1, -0.05) is 31.9 Å². The van der Waals surface area contributed by atoms with Crippen LogP contribution in [-0.2, 0) is 0 Å². The first kappa shape index (κ1) is 16.4. The van der Waals surface area contributed by atoms with E-state index in [-0.39, 0.29) is 18.2 Å². The highest BCUT2D eigenvalue weighted by Gasteiger charge is 2.19. The van der Waals surface area contributed by atoms with E-state index in [9.17, 15) is 9.50 Å². The van der Waals surface area contributed by atoms with Crippen molar-refractivity contribution >= 4 is 12.4 Å². The lowest BCUT2D eigenvalue weighted by Gasteiger charge is -2.19. The van der Waals surface area contributed by atoms with Crippen LogP contribution in [0, 0.1) is 12.7 Å². The molecule has 0 fully saturated rings. The number of halogens is 2. The van der Waals surface area contributed by atoms with E-state index in [2.05, 4.69) is 0 Å². The van der Waals surface area contributed by atoms with E-state index in [1.54, 1.807) is 6.07 Å². The van der Waals surface area contributed by atoms with Crippen LogP contribution < -0.4 is 5.73 Å². The number of hydrogen-bond donors (Lipinski definition) is 2. The molecule has 0 aliphatic heterocycles. The van der Waals surface area contributed by atoms with Crippen molar-refractivity contribution in [3.8, 4) is 0 Å². The summed E-state index contributed by atoms with van der Waals surface area (Å²) in [7, 11) is 0. The van der Waals surface area contributed by atoms with Gasteiger partial charge < -0.3 is 10.8 Å². The smallest absolute Gasteiger partial charge is 0.128 e. The van der Waals surface area contributed by atoms with Crippen molar-refractivity contribution in [2.24, 2.45) is 5.73 Å². The van der Waals surface area contributed by atoms with Crippen molar-refractivity contribution in [2.45, 2.75) is 45.3 Å². The van der Waals surface area contributed by atoms with Crippen molar-refractivity contribution in [3.63, 3.8) is 0 Å². The zero-order valence-corrected chi connectivity index (χ0v) is 11.1. The van der Waals surface area contributed by atoms with Gasteiger partial charge in [-0.25, -0.2) is 4.39 Å². The van der Waals surface area contributed by atoms with E-state index in [4.69, 9.17) is 5.73 Å². The lowest BCUT2D eigenvalue weighted by atomic mass is 9.97. The summed E-state index contributed by atoms with van der Waals surface area (Å²) in [5, 5.41) is 9.80. The van der Waals surface area contributed by atoms with Crippen LogP contribution in [0.15, 0.2) is 18.2 Å². The molecule has 1 rings (SSSR count). The number of hydrogen-bond acceptors (Lipinski definition) is 2. The lowest BCUT2D eigenvalue weighted by Crippen LogP contribution is -2.27. The Balaban J connectivity index is 0.00000256. The molecule has 0 aliphatic rings. The summed E-state index contributed by atoms with van der Waals surface area (Å²) in [6.07, 6.45) is 1.85. The molecule has 17 heavy (non-hydrogen) atoms. The molecule has 2 atom stereocenters. The highest BCUT2D eigenvalue weighted by Crippen LogP contribution is 2.21. The van der Waals surface area contributed by atoms with Crippen LogP contribution in [0.1, 0.15) is 43.4 Å². The molecule has 1 aromatic rings. The minimum atomic E-state index is -0.669. The molecule has 1 aromatic carbocycles. The Morgan fingerprint density at radius 3 is 2.59 bits per heavy atom. The minimum Gasteiger partial charge on any atom is -0.391 e. The van der Waals surface area contributed by atoms with Gasteiger partial charge in [-0.2, -0.15) is 0 Å². The van der Waals surface area contributed by atoms with E-state index >= 15 is 0 Å². The Morgan fingerprint density at radius 1 is 1.41 bits per heavy atom. The third-order valence-electron chi connectivity index (χ3n) is 2.78. The van der Waals surface area contributed by atoms with E-state index in [1.165, 1.54) is 6.07 Å². The van der Waals surface area contributed by atoms with Gasteiger partial charge in [0.2, 0.25) is 0 Å². The number of rotatable bonds is 5. The molecule has 0 unspecified atom stereocenters. The maximum atomic E-state index is 13.6. The van der Waals surface area contributed by atoms with Gasteiger partial charge in [-0.3, -0.25) is 0 Å². The molecule has 0 saturated carbocycles. The van der Waals surface area contributed by atoms with Crippen LogP contribution in [0.4, 0.5) is 4.39 Å². The summed E-state index contributed by atoms with van der Waals surface area (Å²) in [6.45, 7) is 3.87. The van der Waals surface area contributed by atoms with E-state index in [0.717, 1.165) is 18.4 Å². The summed E-state index contributed by atoms with van der Waals surface area (Å²) in [5.41, 5.74) is 7.10. The fraction of sp³-hybridized carbons (Fsp3) is 0.538. The second-order valence-corrected chi connectivity index (χ2v) is 4.26. The number of benzene rings is 1. The van der Waals surface area contributed by atoms with Crippen LogP contribution in [-0.4, -0.2) is 11.2 Å². The largest absolute Gasteiger partial charge is 0.391 e. The summed E-state index contributed by atoms with van der Waals surface area (Å²) in [5.74, 6) is -0.331. The van der Waals surface area contributed by atoms with Crippen LogP contribution in [0.25, 0.3) is 0 Å². The van der Waals surface area contributed by atoms with Crippen molar-refractivity contribution in [3.05, 3.63) is 35.1 Å². The zero-order chi connectivity index (χ0) is 12.1. The Labute approximate surface area is 108 Å². The SMILES string of the molecule is CCCC[C@H](O)[C@H](N)c1ccc(C)cc1F.Cl. The molecule has 0 bridgehead atoms. The number of nitrogens with two attached hydrogens (primary N) is 1. The molecule has 98 valence electrons. The molecule has 0 spiro atoms. The molecule has 2 nitrogen and oxygen atoms in total. The van der Waals surface area contributed by atoms with Gasteiger partial charge in [-0.15, -0.1) is 12.4 Å². The predicted molar refractivity (Wildman–Crippen MR) is 70.8 cm³/mol. The van der Waals surface area contributed by atoms with Gasteiger partial charge in [0.05, 0.1) is 12.1 Å². The topological polar surface area (TPSA) is 46.2 Å². The third kappa shape index (κ3) is 4.62. The molecule has 4 heteroatoms. The Morgan fingerprint density at radius 2 is 2.06 bits per heavy atom. The van der Waals surface area contributed by atoms with Crippen molar-refractivity contribution < 1.29 is 9.50 Å². The molecular formula is C13H21ClFNO. The fourth-order valence-corrected chi connectivity index (χ4v) is 1.70. The highest BCUT2D eigenvalue weighted by atomic mass is 35.5. The van der Waals surface area contributed by atoms with Crippen molar-refractivity contribution in [1.82, 2.24) is 0 Å². The first-order chi connectivity index (χ1) is 7.56. The van der Waals surface area contributed by atoms with Gasteiger partial charge >= 0.3 is 0 Å². The maximum absolute atomic E-state index is 13.6. The monoisotopic (exact) mass is 261 g/mol. The highest BCUT2D eigenvalue weighted by molar-refractivity contribution is 5.85. The van der Waals surface area contributed by atoms with E-state index in [0.29, 0.717) is 12.0 Å². The first-order valence-electron chi connectivity index (χ1n) is 5.76. The van der Waals surface area contributed by atoms with Crippen LogP contribution in [0.3, 0.4) is 0 Å². The zero-order valence-electron chi connectivity index (χ0n) is 10.3. The molecular weight excluding hydrogens is 241 g/mol. The van der Waals surface area contributed by atoms with E-state index in [1.807, 2.05) is 19.9 Å². The predicted octanol–water partition coefficient (Wildman–Crippen LogP) is 3.11. The average Bonchev–Trinajstić information content (AvgIpc) is 2.25. The summed E-state index contributed by atoms with van der Waals surface area (Å²) < 4.78 is 13.6. The van der Waals surface area contributed by atoms with Gasteiger partial charge in [-0.05, 0) is 25.0 Å². The molecule has 0 aliphatic carbocycles. The van der Waals surface area contributed by atoms with Gasteiger partial charge in [0.15, 0.2) is 0 Å². The van der Waals surface area contributed by atoms with Crippen LogP contribution >= 0.6 is 12.4 Å². The number of aliphatic hydroxyl groups excluding tert-OH is 1. The maximum Gasteiger partial charge on any atom is 0.128 e.